The Balaban J connectivity index is 1.65. The van der Waals surface area contributed by atoms with Crippen LogP contribution in [0.3, 0.4) is 0 Å². The van der Waals surface area contributed by atoms with Crippen molar-refractivity contribution in [3.05, 3.63) is 96.3 Å². The lowest BCUT2D eigenvalue weighted by atomic mass is 9.80. The van der Waals surface area contributed by atoms with Crippen LogP contribution in [0.1, 0.15) is 30.9 Å². The van der Waals surface area contributed by atoms with E-state index in [1.54, 1.807) is 50.2 Å². The number of rotatable bonds is 15. The zero-order valence-corrected chi connectivity index (χ0v) is 25.0. The van der Waals surface area contributed by atoms with E-state index in [9.17, 15) is 19.7 Å². The van der Waals surface area contributed by atoms with Crippen molar-refractivity contribution in [2.75, 3.05) is 46.7 Å². The van der Waals surface area contributed by atoms with Gasteiger partial charge in [0.05, 0.1) is 77.9 Å². The number of dihydropyridines is 1. The SMILES string of the molecule is CCOC(=O)C1=C(COCCOCCNCc2ccccc2[N+](=O)[O-])NC(C)=C(C(=O)OC)C1c1cccc(Cl)c1Cl. The Labute approximate surface area is 253 Å². The number of carbonyl (C=O) groups is 2. The molecular formula is C29H33Cl2N3O8. The highest BCUT2D eigenvalue weighted by Crippen LogP contribution is 2.43. The molecule has 0 aromatic heterocycles. The second-order valence-electron chi connectivity index (χ2n) is 9.07. The molecule has 0 fully saturated rings. The number of carbonyl (C=O) groups excluding carboxylic acids is 2. The van der Waals surface area contributed by atoms with Gasteiger partial charge < -0.3 is 29.6 Å². The molecule has 226 valence electrons. The van der Waals surface area contributed by atoms with Crippen LogP contribution in [0.2, 0.25) is 10.0 Å². The Morgan fingerprint density at radius 1 is 1.02 bits per heavy atom. The van der Waals surface area contributed by atoms with Crippen molar-refractivity contribution in [1.29, 1.82) is 0 Å². The summed E-state index contributed by atoms with van der Waals surface area (Å²) in [5, 5.41) is 17.8. The number of para-hydroxylation sites is 1. The van der Waals surface area contributed by atoms with Crippen LogP contribution in [-0.4, -0.2) is 63.6 Å². The normalized spacial score (nSPS) is 14.9. The van der Waals surface area contributed by atoms with Gasteiger partial charge in [0.25, 0.3) is 5.69 Å². The average molecular weight is 623 g/mol. The van der Waals surface area contributed by atoms with Crippen molar-refractivity contribution < 1.29 is 33.5 Å². The number of ether oxygens (including phenoxy) is 4. The van der Waals surface area contributed by atoms with Gasteiger partial charge in [-0.25, -0.2) is 9.59 Å². The topological polar surface area (TPSA) is 138 Å². The Hall–Kier alpha value is -3.48. The zero-order chi connectivity index (χ0) is 30.6. The second-order valence-corrected chi connectivity index (χ2v) is 9.86. The number of halogens is 2. The first-order valence-electron chi connectivity index (χ1n) is 13.2. The van der Waals surface area contributed by atoms with E-state index in [-0.39, 0.29) is 53.3 Å². The first kappa shape index (κ1) is 33.0. The van der Waals surface area contributed by atoms with Crippen molar-refractivity contribution in [3.8, 4) is 0 Å². The number of nitrogens with zero attached hydrogens (tertiary/aromatic N) is 1. The summed E-state index contributed by atoms with van der Waals surface area (Å²) in [6.07, 6.45) is 0. The zero-order valence-electron chi connectivity index (χ0n) is 23.5. The third-order valence-corrected chi connectivity index (χ3v) is 7.22. The summed E-state index contributed by atoms with van der Waals surface area (Å²) < 4.78 is 21.8. The van der Waals surface area contributed by atoms with E-state index in [1.807, 2.05) is 0 Å². The summed E-state index contributed by atoms with van der Waals surface area (Å²) in [5.74, 6) is -2.18. The van der Waals surface area contributed by atoms with Gasteiger partial charge in [0.15, 0.2) is 0 Å². The van der Waals surface area contributed by atoms with Crippen LogP contribution in [0.5, 0.6) is 0 Å². The van der Waals surface area contributed by atoms with Gasteiger partial charge in [0.2, 0.25) is 0 Å². The van der Waals surface area contributed by atoms with Crippen molar-refractivity contribution >= 4 is 40.8 Å². The minimum Gasteiger partial charge on any atom is -0.466 e. The quantitative estimate of drug-likeness (QED) is 0.125. The van der Waals surface area contributed by atoms with Crippen molar-refractivity contribution in [2.45, 2.75) is 26.3 Å². The Kier molecular flexibility index (Phi) is 12.8. The van der Waals surface area contributed by atoms with Crippen LogP contribution in [0, 0.1) is 10.1 Å². The Bertz CT molecular complexity index is 1360. The van der Waals surface area contributed by atoms with Gasteiger partial charge in [-0.1, -0.05) is 53.5 Å². The van der Waals surface area contributed by atoms with Gasteiger partial charge >= 0.3 is 11.9 Å². The molecule has 0 bridgehead atoms. The molecular weight excluding hydrogens is 589 g/mol. The van der Waals surface area contributed by atoms with Crippen LogP contribution >= 0.6 is 23.2 Å². The lowest BCUT2D eigenvalue weighted by Gasteiger charge is -2.31. The van der Waals surface area contributed by atoms with Gasteiger partial charge in [-0.3, -0.25) is 10.1 Å². The van der Waals surface area contributed by atoms with E-state index in [1.165, 1.54) is 13.2 Å². The summed E-state index contributed by atoms with van der Waals surface area (Å²) >= 11 is 12.8. The largest absolute Gasteiger partial charge is 0.466 e. The summed E-state index contributed by atoms with van der Waals surface area (Å²) in [5.41, 5.74) is 2.34. The van der Waals surface area contributed by atoms with Crippen LogP contribution in [0.4, 0.5) is 5.69 Å². The van der Waals surface area contributed by atoms with Gasteiger partial charge in [-0.05, 0) is 25.5 Å². The van der Waals surface area contributed by atoms with E-state index >= 15 is 0 Å². The maximum atomic E-state index is 13.3. The predicted octanol–water partition coefficient (Wildman–Crippen LogP) is 4.68. The fraction of sp³-hybridized carbons (Fsp3) is 0.379. The molecule has 1 unspecified atom stereocenters. The molecule has 1 atom stereocenters. The van der Waals surface area contributed by atoms with E-state index in [0.29, 0.717) is 42.2 Å². The summed E-state index contributed by atoms with van der Waals surface area (Å²) in [7, 11) is 1.26. The fourth-order valence-electron chi connectivity index (χ4n) is 4.50. The molecule has 42 heavy (non-hydrogen) atoms. The number of allylic oxidation sites excluding steroid dienone is 1. The second kappa shape index (κ2) is 16.2. The number of methoxy groups -OCH3 is 1. The smallest absolute Gasteiger partial charge is 0.336 e. The van der Waals surface area contributed by atoms with Gasteiger partial charge in [0.1, 0.15) is 0 Å². The summed E-state index contributed by atoms with van der Waals surface area (Å²) in [6.45, 7) is 5.14. The first-order chi connectivity index (χ1) is 20.2. The Morgan fingerprint density at radius 3 is 2.48 bits per heavy atom. The highest BCUT2D eigenvalue weighted by atomic mass is 35.5. The van der Waals surface area contributed by atoms with Crippen LogP contribution in [0.15, 0.2) is 65.0 Å². The lowest BCUT2D eigenvalue weighted by molar-refractivity contribution is -0.385. The third-order valence-electron chi connectivity index (χ3n) is 6.38. The first-order valence-corrected chi connectivity index (χ1v) is 13.9. The maximum absolute atomic E-state index is 13.3. The molecule has 11 nitrogen and oxygen atoms in total. The van der Waals surface area contributed by atoms with E-state index in [4.69, 9.17) is 42.1 Å². The Morgan fingerprint density at radius 2 is 1.76 bits per heavy atom. The number of hydrogen-bond acceptors (Lipinski definition) is 10. The van der Waals surface area contributed by atoms with Crippen molar-refractivity contribution in [3.63, 3.8) is 0 Å². The average Bonchev–Trinajstić information content (AvgIpc) is 2.97. The van der Waals surface area contributed by atoms with E-state index in [2.05, 4.69) is 10.6 Å². The van der Waals surface area contributed by atoms with Crippen LogP contribution in [-0.2, 0) is 35.1 Å². The molecule has 0 saturated heterocycles. The van der Waals surface area contributed by atoms with Gasteiger partial charge in [-0.15, -0.1) is 0 Å². The number of nitro benzene ring substituents is 1. The van der Waals surface area contributed by atoms with Gasteiger partial charge in [-0.2, -0.15) is 0 Å². The maximum Gasteiger partial charge on any atom is 0.336 e. The van der Waals surface area contributed by atoms with Crippen LogP contribution < -0.4 is 10.6 Å². The predicted molar refractivity (Wildman–Crippen MR) is 157 cm³/mol. The molecule has 0 spiro atoms. The molecule has 3 rings (SSSR count). The molecule has 0 aliphatic carbocycles. The number of esters is 2. The molecule has 1 heterocycles. The highest BCUT2D eigenvalue weighted by molar-refractivity contribution is 6.42. The number of hydrogen-bond donors (Lipinski definition) is 2. The van der Waals surface area contributed by atoms with Gasteiger partial charge in [0, 0.05) is 30.4 Å². The van der Waals surface area contributed by atoms with E-state index < -0.39 is 22.8 Å². The molecule has 0 radical (unpaired) electrons. The molecule has 13 heteroatoms. The molecule has 1 aliphatic heterocycles. The molecule has 2 aromatic rings. The lowest BCUT2D eigenvalue weighted by Crippen LogP contribution is -2.35. The fourth-order valence-corrected chi connectivity index (χ4v) is 4.91. The number of benzene rings is 2. The van der Waals surface area contributed by atoms with E-state index in [0.717, 1.165) is 0 Å². The molecule has 2 aromatic carbocycles. The van der Waals surface area contributed by atoms with Crippen molar-refractivity contribution in [2.24, 2.45) is 0 Å². The van der Waals surface area contributed by atoms with Crippen LogP contribution in [0.25, 0.3) is 0 Å². The highest BCUT2D eigenvalue weighted by Gasteiger charge is 2.40. The molecule has 0 saturated carbocycles. The standard InChI is InChI=1S/C29H33Cl2N3O8/c1-4-42-29(36)26-22(17-41-15-14-40-13-12-32-16-19-8-5-6-11-23(19)34(37)38)33-18(2)24(28(35)39-3)25(26)20-9-7-10-21(30)27(20)31/h5-11,25,32-33H,4,12-17H2,1-3H3. The third kappa shape index (κ3) is 8.30. The summed E-state index contributed by atoms with van der Waals surface area (Å²) in [6, 6.07) is 11.5. The minimum absolute atomic E-state index is 0.00604. The van der Waals surface area contributed by atoms with Crippen molar-refractivity contribution in [1.82, 2.24) is 10.6 Å². The summed E-state index contributed by atoms with van der Waals surface area (Å²) in [4.78, 5) is 36.8. The molecule has 0 amide bonds. The number of nitrogens with one attached hydrogen (secondary N) is 2. The minimum atomic E-state index is -0.912. The number of nitro groups is 1. The molecule has 2 N–H and O–H groups in total. The molecule has 1 aliphatic rings. The monoisotopic (exact) mass is 621 g/mol.